The smallest absolute Gasteiger partial charge is 0.347 e. The Labute approximate surface area is 125 Å². The van der Waals surface area contributed by atoms with E-state index in [4.69, 9.17) is 4.42 Å². The van der Waals surface area contributed by atoms with Gasteiger partial charge in [-0.1, -0.05) is 12.1 Å². The van der Waals surface area contributed by atoms with Gasteiger partial charge >= 0.3 is 5.63 Å². The number of fused-ring (bicyclic) bond motifs is 1. The summed E-state index contributed by atoms with van der Waals surface area (Å²) in [5.74, 6) is -0.251. The molecule has 0 saturated heterocycles. The molecule has 112 valence electrons. The van der Waals surface area contributed by atoms with Crippen molar-refractivity contribution >= 4 is 10.8 Å². The van der Waals surface area contributed by atoms with Crippen molar-refractivity contribution in [1.29, 1.82) is 0 Å². The first-order valence-electron chi connectivity index (χ1n) is 6.68. The van der Waals surface area contributed by atoms with Crippen molar-refractivity contribution in [2.45, 2.75) is 13.8 Å². The molecule has 3 aromatic rings. The third-order valence-corrected chi connectivity index (χ3v) is 3.75. The standard InChI is InChI=1S/C17H14O5/c1-8-4-3-5-11(18)14(8)13-7-10-6-12(19)9(2)16(20)15(10)17(21)22-13/h3-7,18-20H,1-2H3. The van der Waals surface area contributed by atoms with Crippen molar-refractivity contribution in [1.82, 2.24) is 0 Å². The van der Waals surface area contributed by atoms with Crippen molar-refractivity contribution in [2.24, 2.45) is 0 Å². The largest absolute Gasteiger partial charge is 0.508 e. The van der Waals surface area contributed by atoms with E-state index in [9.17, 15) is 20.1 Å². The number of rotatable bonds is 1. The van der Waals surface area contributed by atoms with Crippen LogP contribution in [0.25, 0.3) is 22.1 Å². The van der Waals surface area contributed by atoms with Gasteiger partial charge in [0.2, 0.25) is 0 Å². The molecule has 22 heavy (non-hydrogen) atoms. The molecule has 1 aromatic heterocycles. The minimum Gasteiger partial charge on any atom is -0.508 e. The first kappa shape index (κ1) is 14.0. The Balaban J connectivity index is 2.40. The van der Waals surface area contributed by atoms with Crippen molar-refractivity contribution in [2.75, 3.05) is 0 Å². The van der Waals surface area contributed by atoms with Crippen LogP contribution in [0.4, 0.5) is 0 Å². The second kappa shape index (κ2) is 4.80. The predicted octanol–water partition coefficient (Wildman–Crippen LogP) is 3.19. The van der Waals surface area contributed by atoms with Gasteiger partial charge in [0.15, 0.2) is 0 Å². The number of phenols is 3. The maximum absolute atomic E-state index is 12.2. The quantitative estimate of drug-likeness (QED) is 0.642. The van der Waals surface area contributed by atoms with Crippen LogP contribution in [0.5, 0.6) is 17.2 Å². The SMILES string of the molecule is Cc1cccc(O)c1-c1cc2cc(O)c(C)c(O)c2c(=O)o1. The summed E-state index contributed by atoms with van der Waals surface area (Å²) >= 11 is 0. The lowest BCUT2D eigenvalue weighted by Crippen LogP contribution is -2.02. The van der Waals surface area contributed by atoms with Gasteiger partial charge in [-0.2, -0.15) is 0 Å². The van der Waals surface area contributed by atoms with Gasteiger partial charge < -0.3 is 19.7 Å². The average molecular weight is 298 g/mol. The summed E-state index contributed by atoms with van der Waals surface area (Å²) in [6.45, 7) is 3.29. The second-order valence-corrected chi connectivity index (χ2v) is 5.20. The van der Waals surface area contributed by atoms with Crippen LogP contribution in [0.15, 0.2) is 39.5 Å². The molecule has 5 heteroatoms. The van der Waals surface area contributed by atoms with Gasteiger partial charge in [0.05, 0.1) is 5.56 Å². The van der Waals surface area contributed by atoms with Gasteiger partial charge in [-0.25, -0.2) is 4.79 Å². The van der Waals surface area contributed by atoms with Gasteiger partial charge in [-0.05, 0) is 37.6 Å². The van der Waals surface area contributed by atoms with Crippen molar-refractivity contribution in [3.05, 3.63) is 51.9 Å². The lowest BCUT2D eigenvalue weighted by atomic mass is 10.0. The molecule has 0 saturated carbocycles. The third kappa shape index (κ3) is 1.98. The first-order chi connectivity index (χ1) is 10.4. The van der Waals surface area contributed by atoms with Crippen molar-refractivity contribution < 1.29 is 19.7 Å². The summed E-state index contributed by atoms with van der Waals surface area (Å²) in [7, 11) is 0. The molecule has 1 heterocycles. The lowest BCUT2D eigenvalue weighted by molar-refractivity contribution is 0.445. The van der Waals surface area contributed by atoms with Gasteiger partial charge in [-0.3, -0.25) is 0 Å². The Morgan fingerprint density at radius 3 is 2.41 bits per heavy atom. The Hall–Kier alpha value is -2.95. The molecule has 3 N–H and O–H groups in total. The van der Waals surface area contributed by atoms with Gasteiger partial charge in [0, 0.05) is 10.9 Å². The number of benzene rings is 2. The molecule has 0 radical (unpaired) electrons. The molecule has 0 amide bonds. The highest BCUT2D eigenvalue weighted by Crippen LogP contribution is 2.37. The van der Waals surface area contributed by atoms with E-state index in [0.717, 1.165) is 5.56 Å². The fourth-order valence-corrected chi connectivity index (χ4v) is 2.52. The van der Waals surface area contributed by atoms with Crippen LogP contribution < -0.4 is 5.63 Å². The van der Waals surface area contributed by atoms with Gasteiger partial charge in [0.1, 0.15) is 28.4 Å². The molecule has 0 spiro atoms. The Bertz CT molecular complexity index is 933. The molecule has 0 unspecified atom stereocenters. The van der Waals surface area contributed by atoms with E-state index in [1.807, 2.05) is 0 Å². The van der Waals surface area contributed by atoms with Crippen LogP contribution in [-0.4, -0.2) is 15.3 Å². The van der Waals surface area contributed by atoms with Crippen LogP contribution >= 0.6 is 0 Å². The summed E-state index contributed by atoms with van der Waals surface area (Å²) < 4.78 is 5.26. The molecule has 5 nitrogen and oxygen atoms in total. The molecule has 0 bridgehead atoms. The van der Waals surface area contributed by atoms with E-state index in [1.165, 1.54) is 25.1 Å². The fraction of sp³-hybridized carbons (Fsp3) is 0.118. The number of aryl methyl sites for hydroxylation is 1. The maximum Gasteiger partial charge on any atom is 0.347 e. The average Bonchev–Trinajstić information content (AvgIpc) is 2.44. The number of aromatic hydroxyl groups is 3. The second-order valence-electron chi connectivity index (χ2n) is 5.20. The minimum atomic E-state index is -0.726. The van der Waals surface area contributed by atoms with Crippen LogP contribution in [0.3, 0.4) is 0 Å². The topological polar surface area (TPSA) is 90.9 Å². The van der Waals surface area contributed by atoms with E-state index in [1.54, 1.807) is 19.1 Å². The van der Waals surface area contributed by atoms with Gasteiger partial charge in [-0.15, -0.1) is 0 Å². The Morgan fingerprint density at radius 1 is 1.00 bits per heavy atom. The molecular formula is C17H14O5. The maximum atomic E-state index is 12.2. The molecule has 0 aliphatic carbocycles. The summed E-state index contributed by atoms with van der Waals surface area (Å²) in [5.41, 5.74) is 0.631. The molecule has 0 fully saturated rings. The predicted molar refractivity (Wildman–Crippen MR) is 82.4 cm³/mol. The van der Waals surface area contributed by atoms with Gasteiger partial charge in [0.25, 0.3) is 0 Å². The van der Waals surface area contributed by atoms with E-state index < -0.39 is 5.63 Å². The van der Waals surface area contributed by atoms with Crippen LogP contribution in [-0.2, 0) is 0 Å². The monoisotopic (exact) mass is 298 g/mol. The fourth-order valence-electron chi connectivity index (χ4n) is 2.52. The van der Waals surface area contributed by atoms with Crippen molar-refractivity contribution in [3.8, 4) is 28.6 Å². The van der Waals surface area contributed by atoms with E-state index in [-0.39, 0.29) is 34.0 Å². The minimum absolute atomic E-state index is 0.00660. The zero-order valence-corrected chi connectivity index (χ0v) is 12.0. The van der Waals surface area contributed by atoms with E-state index in [2.05, 4.69) is 0 Å². The summed E-state index contributed by atoms with van der Waals surface area (Å²) in [4.78, 5) is 12.2. The summed E-state index contributed by atoms with van der Waals surface area (Å²) in [5, 5.41) is 30.2. The zero-order chi connectivity index (χ0) is 16.0. The number of hydrogen-bond acceptors (Lipinski definition) is 5. The summed E-state index contributed by atoms with van der Waals surface area (Å²) in [6, 6.07) is 7.87. The highest BCUT2D eigenvalue weighted by Gasteiger charge is 2.17. The first-order valence-corrected chi connectivity index (χ1v) is 6.68. The molecular weight excluding hydrogens is 284 g/mol. The van der Waals surface area contributed by atoms with E-state index in [0.29, 0.717) is 10.9 Å². The van der Waals surface area contributed by atoms with E-state index >= 15 is 0 Å². The Morgan fingerprint density at radius 2 is 1.73 bits per heavy atom. The molecule has 0 aliphatic rings. The van der Waals surface area contributed by atoms with Crippen molar-refractivity contribution in [3.63, 3.8) is 0 Å². The normalized spacial score (nSPS) is 11.0. The summed E-state index contributed by atoms with van der Waals surface area (Å²) in [6.07, 6.45) is 0. The number of phenolic OH excluding ortho intramolecular Hbond substituents is 3. The van der Waals surface area contributed by atoms with Crippen LogP contribution in [0.1, 0.15) is 11.1 Å². The molecule has 0 aliphatic heterocycles. The highest BCUT2D eigenvalue weighted by molar-refractivity contribution is 5.92. The number of hydrogen-bond donors (Lipinski definition) is 3. The molecule has 2 aromatic carbocycles. The molecule has 3 rings (SSSR count). The van der Waals surface area contributed by atoms with Crippen LogP contribution in [0.2, 0.25) is 0 Å². The third-order valence-electron chi connectivity index (χ3n) is 3.75. The Kier molecular flexibility index (Phi) is 3.06. The lowest BCUT2D eigenvalue weighted by Gasteiger charge is -2.10. The zero-order valence-electron chi connectivity index (χ0n) is 12.0. The van der Waals surface area contributed by atoms with Crippen LogP contribution in [0, 0.1) is 13.8 Å². The highest BCUT2D eigenvalue weighted by atomic mass is 16.4. The molecule has 0 atom stereocenters.